The van der Waals surface area contributed by atoms with Crippen LogP contribution in [0, 0.1) is 20.8 Å². The van der Waals surface area contributed by atoms with E-state index < -0.39 is 0 Å². The van der Waals surface area contributed by atoms with Crippen molar-refractivity contribution in [2.75, 3.05) is 11.1 Å². The number of nitrogen functional groups attached to an aromatic ring is 1. The van der Waals surface area contributed by atoms with Gasteiger partial charge in [-0.3, -0.25) is 4.79 Å². The number of furan rings is 1. The molecule has 0 aliphatic rings. The van der Waals surface area contributed by atoms with Gasteiger partial charge in [-0.25, -0.2) is 0 Å². The molecule has 1 amide bonds. The van der Waals surface area contributed by atoms with Crippen LogP contribution >= 0.6 is 11.6 Å². The van der Waals surface area contributed by atoms with Gasteiger partial charge in [0.1, 0.15) is 5.76 Å². The Morgan fingerprint density at radius 1 is 1.04 bits per heavy atom. The lowest BCUT2D eigenvalue weighted by Crippen LogP contribution is -2.13. The van der Waals surface area contributed by atoms with Gasteiger partial charge in [0.05, 0.1) is 11.4 Å². The predicted molar refractivity (Wildman–Crippen MR) is 102 cm³/mol. The van der Waals surface area contributed by atoms with Crippen LogP contribution < -0.4 is 11.1 Å². The molecule has 128 valence electrons. The van der Waals surface area contributed by atoms with Gasteiger partial charge in [-0.2, -0.15) is 0 Å². The third-order valence-electron chi connectivity index (χ3n) is 4.04. The van der Waals surface area contributed by atoms with E-state index in [0.717, 1.165) is 22.3 Å². The lowest BCUT2D eigenvalue weighted by Gasteiger charge is -2.11. The van der Waals surface area contributed by atoms with Crippen molar-refractivity contribution < 1.29 is 9.21 Å². The van der Waals surface area contributed by atoms with E-state index in [9.17, 15) is 4.79 Å². The lowest BCUT2D eigenvalue weighted by atomic mass is 10.1. The maximum atomic E-state index is 12.5. The molecule has 0 fully saturated rings. The third kappa shape index (κ3) is 3.54. The van der Waals surface area contributed by atoms with Gasteiger partial charge in [-0.1, -0.05) is 29.8 Å². The van der Waals surface area contributed by atoms with Crippen LogP contribution in [0.15, 0.2) is 46.9 Å². The zero-order valence-corrected chi connectivity index (χ0v) is 15.1. The van der Waals surface area contributed by atoms with Gasteiger partial charge < -0.3 is 15.5 Å². The van der Waals surface area contributed by atoms with Gasteiger partial charge >= 0.3 is 0 Å². The molecule has 0 atom stereocenters. The molecule has 3 rings (SSSR count). The van der Waals surface area contributed by atoms with Gasteiger partial charge in [0.2, 0.25) is 0 Å². The molecular formula is C20H19ClN2O2. The molecule has 0 saturated carbocycles. The van der Waals surface area contributed by atoms with Crippen molar-refractivity contribution in [1.82, 2.24) is 0 Å². The number of nitrogens with two attached hydrogens (primary N) is 1. The summed E-state index contributed by atoms with van der Waals surface area (Å²) in [6.45, 7) is 5.79. The van der Waals surface area contributed by atoms with Crippen molar-refractivity contribution in [1.29, 1.82) is 0 Å². The molecule has 2 aromatic carbocycles. The van der Waals surface area contributed by atoms with E-state index in [1.165, 1.54) is 0 Å². The molecule has 0 bridgehead atoms. The number of halogens is 1. The van der Waals surface area contributed by atoms with Crippen LogP contribution in [0.25, 0.3) is 11.3 Å². The number of rotatable bonds is 3. The summed E-state index contributed by atoms with van der Waals surface area (Å²) in [6, 6.07) is 12.8. The molecule has 1 heterocycles. The molecule has 0 saturated heterocycles. The number of aryl methyl sites for hydroxylation is 3. The Kier molecular flexibility index (Phi) is 4.55. The number of amides is 1. The van der Waals surface area contributed by atoms with E-state index in [0.29, 0.717) is 22.2 Å². The molecule has 25 heavy (non-hydrogen) atoms. The van der Waals surface area contributed by atoms with E-state index in [2.05, 4.69) is 5.32 Å². The van der Waals surface area contributed by atoms with E-state index in [1.54, 1.807) is 12.1 Å². The molecule has 0 radical (unpaired) electrons. The molecule has 0 aliphatic heterocycles. The summed E-state index contributed by atoms with van der Waals surface area (Å²) < 4.78 is 5.69. The molecule has 0 spiro atoms. The third-order valence-corrected chi connectivity index (χ3v) is 4.44. The Hall–Kier alpha value is -2.72. The van der Waals surface area contributed by atoms with Crippen molar-refractivity contribution in [3.63, 3.8) is 0 Å². The van der Waals surface area contributed by atoms with Gasteiger partial charge in [-0.15, -0.1) is 0 Å². The van der Waals surface area contributed by atoms with Gasteiger partial charge in [0.15, 0.2) is 5.76 Å². The van der Waals surface area contributed by atoms with Crippen LogP contribution in [0.5, 0.6) is 0 Å². The van der Waals surface area contributed by atoms with E-state index in [-0.39, 0.29) is 11.7 Å². The second-order valence-electron chi connectivity index (χ2n) is 6.13. The first-order valence-corrected chi connectivity index (χ1v) is 8.27. The highest BCUT2D eigenvalue weighted by Gasteiger charge is 2.15. The number of nitrogens with one attached hydrogen (secondary N) is 1. The topological polar surface area (TPSA) is 68.3 Å². The minimum Gasteiger partial charge on any atom is -0.451 e. The predicted octanol–water partition coefficient (Wildman–Crippen LogP) is 5.36. The molecular weight excluding hydrogens is 336 g/mol. The average Bonchev–Trinajstić information content (AvgIpc) is 3.03. The quantitative estimate of drug-likeness (QED) is 0.622. The lowest BCUT2D eigenvalue weighted by molar-refractivity contribution is 0.0997. The van der Waals surface area contributed by atoms with Crippen LogP contribution in [-0.2, 0) is 0 Å². The number of anilines is 2. The second kappa shape index (κ2) is 6.65. The zero-order valence-electron chi connectivity index (χ0n) is 14.3. The molecule has 3 N–H and O–H groups in total. The summed E-state index contributed by atoms with van der Waals surface area (Å²) >= 11 is 6.15. The maximum Gasteiger partial charge on any atom is 0.291 e. The fraction of sp³-hybridized carbons (Fsp3) is 0.150. The summed E-state index contributed by atoms with van der Waals surface area (Å²) in [4.78, 5) is 12.5. The summed E-state index contributed by atoms with van der Waals surface area (Å²) in [6.07, 6.45) is 0. The molecule has 3 aromatic rings. The monoisotopic (exact) mass is 354 g/mol. The fourth-order valence-corrected chi connectivity index (χ4v) is 2.89. The number of carbonyl (C=O) groups is 1. The van der Waals surface area contributed by atoms with Crippen molar-refractivity contribution in [3.05, 3.63) is 69.9 Å². The SMILES string of the molecule is Cc1cc(C)c(NC(=O)c2ccc(-c3ccc(C)c(Cl)c3)o2)c(N)c1. The van der Waals surface area contributed by atoms with Crippen LogP contribution in [0.2, 0.25) is 5.02 Å². The average molecular weight is 355 g/mol. The first-order chi connectivity index (χ1) is 11.8. The highest BCUT2D eigenvalue weighted by atomic mass is 35.5. The molecule has 5 heteroatoms. The summed E-state index contributed by atoms with van der Waals surface area (Å²) in [7, 11) is 0. The van der Waals surface area contributed by atoms with Gasteiger partial charge in [0.25, 0.3) is 5.91 Å². The van der Waals surface area contributed by atoms with Crippen molar-refractivity contribution >= 4 is 28.9 Å². The van der Waals surface area contributed by atoms with Gasteiger partial charge in [0, 0.05) is 10.6 Å². The Labute approximate surface area is 151 Å². The van der Waals surface area contributed by atoms with Crippen molar-refractivity contribution in [2.24, 2.45) is 0 Å². The summed E-state index contributed by atoms with van der Waals surface area (Å²) in [5, 5.41) is 3.48. The number of hydrogen-bond donors (Lipinski definition) is 2. The highest BCUT2D eigenvalue weighted by Crippen LogP contribution is 2.29. The molecule has 4 nitrogen and oxygen atoms in total. The first-order valence-electron chi connectivity index (χ1n) is 7.89. The Bertz CT molecular complexity index is 937. The van der Waals surface area contributed by atoms with Crippen LogP contribution in [0.4, 0.5) is 11.4 Å². The van der Waals surface area contributed by atoms with E-state index >= 15 is 0 Å². The fourth-order valence-electron chi connectivity index (χ4n) is 2.71. The Morgan fingerprint density at radius 3 is 2.48 bits per heavy atom. The number of benzene rings is 2. The first kappa shape index (κ1) is 17.1. The van der Waals surface area contributed by atoms with Gasteiger partial charge in [-0.05, 0) is 61.7 Å². The largest absolute Gasteiger partial charge is 0.451 e. The van der Waals surface area contributed by atoms with E-state index in [4.69, 9.17) is 21.8 Å². The van der Waals surface area contributed by atoms with Crippen LogP contribution in [0.3, 0.4) is 0 Å². The highest BCUT2D eigenvalue weighted by molar-refractivity contribution is 6.31. The molecule has 0 unspecified atom stereocenters. The molecule has 1 aromatic heterocycles. The Balaban J connectivity index is 1.85. The standard InChI is InChI=1S/C20H19ClN2O2/c1-11-8-13(3)19(16(22)9-11)23-20(24)18-7-6-17(25-18)14-5-4-12(2)15(21)10-14/h4-10H,22H2,1-3H3,(H,23,24). The zero-order chi connectivity index (χ0) is 18.1. The molecule has 0 aliphatic carbocycles. The minimum atomic E-state index is -0.344. The van der Waals surface area contributed by atoms with Crippen molar-refractivity contribution in [2.45, 2.75) is 20.8 Å². The Morgan fingerprint density at radius 2 is 1.80 bits per heavy atom. The summed E-state index contributed by atoms with van der Waals surface area (Å²) in [5.74, 6) is 0.454. The number of hydrogen-bond acceptors (Lipinski definition) is 3. The maximum absolute atomic E-state index is 12.5. The smallest absolute Gasteiger partial charge is 0.291 e. The van der Waals surface area contributed by atoms with E-state index in [1.807, 2.05) is 51.1 Å². The van der Waals surface area contributed by atoms with Crippen LogP contribution in [-0.4, -0.2) is 5.91 Å². The summed E-state index contributed by atoms with van der Waals surface area (Å²) in [5.41, 5.74) is 10.9. The van der Waals surface area contributed by atoms with Crippen molar-refractivity contribution in [3.8, 4) is 11.3 Å². The second-order valence-corrected chi connectivity index (χ2v) is 6.54. The minimum absolute atomic E-state index is 0.214. The normalized spacial score (nSPS) is 10.7. The number of carbonyl (C=O) groups excluding carboxylic acids is 1. The van der Waals surface area contributed by atoms with Crippen LogP contribution in [0.1, 0.15) is 27.2 Å².